The van der Waals surface area contributed by atoms with Gasteiger partial charge in [-0.25, -0.2) is 8.42 Å². The van der Waals surface area contributed by atoms with Crippen molar-refractivity contribution in [1.82, 2.24) is 15.1 Å². The van der Waals surface area contributed by atoms with Crippen LogP contribution in [0.4, 0.5) is 0 Å². The number of methoxy groups -OCH3 is 1. The van der Waals surface area contributed by atoms with Gasteiger partial charge in [-0.3, -0.25) is 9.89 Å². The van der Waals surface area contributed by atoms with E-state index in [0.29, 0.717) is 34.4 Å². The van der Waals surface area contributed by atoms with Crippen molar-refractivity contribution in [3.05, 3.63) is 58.3 Å². The molecule has 3 N–H and O–H groups in total. The number of aryl methyl sites for hydroxylation is 2. The Morgan fingerprint density at radius 3 is 2.62 bits per heavy atom. The van der Waals surface area contributed by atoms with E-state index in [1.54, 1.807) is 30.0 Å². The highest BCUT2D eigenvalue weighted by molar-refractivity contribution is 7.91. The summed E-state index contributed by atoms with van der Waals surface area (Å²) in [4.78, 5) is 15.2. The molecule has 3 aromatic rings. The van der Waals surface area contributed by atoms with Gasteiger partial charge in [0.15, 0.2) is 21.3 Å². The van der Waals surface area contributed by atoms with Crippen molar-refractivity contribution in [2.24, 2.45) is 0 Å². The maximum Gasteiger partial charge on any atom is 0.273 e. The molecule has 1 fully saturated rings. The first-order valence-electron chi connectivity index (χ1n) is 10.9. The fourth-order valence-electron chi connectivity index (χ4n) is 5.07. The first kappa shape index (κ1) is 22.3. The predicted octanol–water partition coefficient (Wildman–Crippen LogP) is 2.85. The molecule has 2 aliphatic rings. The van der Waals surface area contributed by atoms with E-state index in [2.05, 4.69) is 10.2 Å². The van der Waals surface area contributed by atoms with Crippen molar-refractivity contribution in [1.29, 1.82) is 0 Å². The first-order chi connectivity index (χ1) is 16.1. The number of phenolic OH excluding ortho intramolecular Hbond substituents is 2. The molecule has 10 heteroatoms. The van der Waals surface area contributed by atoms with Gasteiger partial charge in [0.05, 0.1) is 24.7 Å². The highest BCUT2D eigenvalue weighted by atomic mass is 32.2. The molecule has 1 aromatic heterocycles. The molecule has 9 nitrogen and oxygen atoms in total. The minimum absolute atomic E-state index is 0.0178. The van der Waals surface area contributed by atoms with E-state index in [0.717, 1.165) is 5.56 Å². The summed E-state index contributed by atoms with van der Waals surface area (Å²) in [6, 6.07) is 7.27. The highest BCUT2D eigenvalue weighted by Gasteiger charge is 2.48. The summed E-state index contributed by atoms with van der Waals surface area (Å²) in [6.07, 6.45) is 0.335. The molecule has 0 aliphatic carbocycles. The number of carbonyl (C=O) groups is 1. The number of phenols is 2. The van der Waals surface area contributed by atoms with Crippen molar-refractivity contribution in [3.63, 3.8) is 0 Å². The summed E-state index contributed by atoms with van der Waals surface area (Å²) in [7, 11) is -1.82. The average Bonchev–Trinajstić information content (AvgIpc) is 3.44. The number of carbonyl (C=O) groups excluding carboxylic acids is 1. The number of hydrogen-bond donors (Lipinski definition) is 3. The number of hydrogen-bond acceptors (Lipinski definition) is 7. The lowest BCUT2D eigenvalue weighted by atomic mass is 9.93. The van der Waals surface area contributed by atoms with Crippen LogP contribution >= 0.6 is 0 Å². The lowest BCUT2D eigenvalue weighted by Crippen LogP contribution is -2.40. The third-order valence-electron chi connectivity index (χ3n) is 6.63. The van der Waals surface area contributed by atoms with E-state index in [1.807, 2.05) is 13.0 Å². The second-order valence-corrected chi connectivity index (χ2v) is 11.2. The van der Waals surface area contributed by atoms with E-state index in [4.69, 9.17) is 4.74 Å². The van der Waals surface area contributed by atoms with Gasteiger partial charge in [-0.2, -0.15) is 5.10 Å². The van der Waals surface area contributed by atoms with Crippen LogP contribution in [0.5, 0.6) is 17.2 Å². The zero-order valence-electron chi connectivity index (χ0n) is 19.0. The number of H-pyrrole nitrogens is 1. The van der Waals surface area contributed by atoms with Crippen LogP contribution in [-0.4, -0.2) is 64.3 Å². The number of nitrogens with one attached hydrogen (secondary N) is 1. The average molecular weight is 484 g/mol. The van der Waals surface area contributed by atoms with Crippen molar-refractivity contribution < 1.29 is 28.2 Å². The van der Waals surface area contributed by atoms with Gasteiger partial charge in [0.25, 0.3) is 5.91 Å². The van der Waals surface area contributed by atoms with Gasteiger partial charge in [-0.05, 0) is 55.2 Å². The Balaban J connectivity index is 1.73. The number of benzene rings is 2. The molecule has 0 saturated carbocycles. The first-order valence-corrected chi connectivity index (χ1v) is 12.7. The predicted molar refractivity (Wildman–Crippen MR) is 125 cm³/mol. The fraction of sp³-hybridized carbons (Fsp3) is 0.333. The quantitative estimate of drug-likeness (QED) is 0.520. The summed E-state index contributed by atoms with van der Waals surface area (Å²) >= 11 is 0. The highest BCUT2D eigenvalue weighted by Crippen LogP contribution is 2.48. The standard InChI is InChI=1S/C24H25N3O6S/c1-12-8-13(2)23(29)16(9-12)20-19-21(26-25-20)24(30)27(15-6-7-34(31,32)11-15)22(19)14-4-5-17(28)18(10-14)33-3/h4-5,8-10,15,22,28-29H,6-7,11H2,1-3H3,(H,25,26). The number of fused-ring (bicyclic) bond motifs is 1. The van der Waals surface area contributed by atoms with E-state index in [-0.39, 0.29) is 40.4 Å². The van der Waals surface area contributed by atoms with Gasteiger partial charge in [-0.15, -0.1) is 0 Å². The van der Waals surface area contributed by atoms with Crippen LogP contribution in [0.3, 0.4) is 0 Å². The van der Waals surface area contributed by atoms with E-state index in [1.165, 1.54) is 13.2 Å². The van der Waals surface area contributed by atoms with Crippen LogP contribution in [-0.2, 0) is 9.84 Å². The Labute approximate surface area is 196 Å². The minimum Gasteiger partial charge on any atom is -0.507 e. The summed E-state index contributed by atoms with van der Waals surface area (Å²) in [6.45, 7) is 3.70. The molecule has 0 radical (unpaired) electrons. The lowest BCUT2D eigenvalue weighted by Gasteiger charge is -2.31. The Morgan fingerprint density at radius 1 is 1.18 bits per heavy atom. The van der Waals surface area contributed by atoms with Crippen LogP contribution in [0.2, 0.25) is 0 Å². The molecule has 2 aromatic carbocycles. The molecule has 3 heterocycles. The van der Waals surface area contributed by atoms with Crippen LogP contribution in [0.25, 0.3) is 11.3 Å². The van der Waals surface area contributed by atoms with Gasteiger partial charge >= 0.3 is 0 Å². The monoisotopic (exact) mass is 483 g/mol. The van der Waals surface area contributed by atoms with Gasteiger partial charge in [0, 0.05) is 17.2 Å². The third kappa shape index (κ3) is 3.40. The number of aromatic amines is 1. The molecular weight excluding hydrogens is 458 g/mol. The van der Waals surface area contributed by atoms with Gasteiger partial charge in [-0.1, -0.05) is 12.1 Å². The molecular formula is C24H25N3O6S. The molecule has 2 aliphatic heterocycles. The van der Waals surface area contributed by atoms with Gasteiger partial charge in [0.1, 0.15) is 17.1 Å². The molecule has 0 bridgehead atoms. The maximum atomic E-state index is 13.6. The second-order valence-electron chi connectivity index (χ2n) is 8.94. The second kappa shape index (κ2) is 7.76. The molecule has 2 atom stereocenters. The molecule has 1 saturated heterocycles. The number of aromatic hydroxyl groups is 2. The van der Waals surface area contributed by atoms with Crippen molar-refractivity contribution in [3.8, 4) is 28.5 Å². The summed E-state index contributed by atoms with van der Waals surface area (Å²) in [5, 5.41) is 28.2. The topological polar surface area (TPSA) is 133 Å². The van der Waals surface area contributed by atoms with Crippen molar-refractivity contribution >= 4 is 15.7 Å². The minimum atomic E-state index is -3.26. The molecule has 2 unspecified atom stereocenters. The largest absolute Gasteiger partial charge is 0.507 e. The SMILES string of the molecule is COc1cc(C2c3c(-c4cc(C)cc(C)c4O)n[nH]c3C(=O)N2C2CCS(=O)(=O)C2)ccc1O. The summed E-state index contributed by atoms with van der Waals surface area (Å²) in [5.74, 6) is -0.203. The zero-order chi connectivity index (χ0) is 24.4. The van der Waals surface area contributed by atoms with Crippen LogP contribution in [0.15, 0.2) is 30.3 Å². The fourth-order valence-corrected chi connectivity index (χ4v) is 6.79. The van der Waals surface area contributed by atoms with E-state index >= 15 is 0 Å². The maximum absolute atomic E-state index is 13.6. The number of nitrogens with zero attached hydrogens (tertiary/aromatic N) is 2. The zero-order valence-corrected chi connectivity index (χ0v) is 19.8. The lowest BCUT2D eigenvalue weighted by molar-refractivity contribution is 0.0677. The van der Waals surface area contributed by atoms with Crippen molar-refractivity contribution in [2.45, 2.75) is 32.4 Å². The Hall–Kier alpha value is -3.53. The Morgan fingerprint density at radius 2 is 1.94 bits per heavy atom. The van der Waals surface area contributed by atoms with Crippen LogP contribution in [0, 0.1) is 13.8 Å². The van der Waals surface area contributed by atoms with E-state index < -0.39 is 21.9 Å². The number of amides is 1. The number of sulfone groups is 1. The molecule has 34 heavy (non-hydrogen) atoms. The Kier molecular flexibility index (Phi) is 5.09. The number of ether oxygens (including phenoxy) is 1. The third-order valence-corrected chi connectivity index (χ3v) is 8.38. The molecule has 178 valence electrons. The van der Waals surface area contributed by atoms with Gasteiger partial charge < -0.3 is 19.8 Å². The molecule has 5 rings (SSSR count). The van der Waals surface area contributed by atoms with Crippen LogP contribution in [0.1, 0.15) is 45.2 Å². The van der Waals surface area contributed by atoms with E-state index in [9.17, 15) is 23.4 Å². The number of aromatic nitrogens is 2. The smallest absolute Gasteiger partial charge is 0.273 e. The van der Waals surface area contributed by atoms with Gasteiger partial charge in [0.2, 0.25) is 0 Å². The normalized spacial score (nSPS) is 21.1. The van der Waals surface area contributed by atoms with Crippen molar-refractivity contribution in [2.75, 3.05) is 18.6 Å². The molecule has 0 spiro atoms. The molecule has 1 amide bonds. The Bertz CT molecular complexity index is 1430. The summed E-state index contributed by atoms with van der Waals surface area (Å²) < 4.78 is 29.8. The number of rotatable bonds is 4. The van der Waals surface area contributed by atoms with Crippen LogP contribution < -0.4 is 4.74 Å². The summed E-state index contributed by atoms with van der Waals surface area (Å²) in [5.41, 5.74) is 3.97.